The number of ether oxygens (including phenoxy) is 1. The molecule has 2 saturated heterocycles. The number of hydrogen-bond acceptors (Lipinski definition) is 4. The van der Waals surface area contributed by atoms with Gasteiger partial charge < -0.3 is 10.5 Å². The molecule has 2 fully saturated rings. The first-order valence-corrected chi connectivity index (χ1v) is 8.95. The van der Waals surface area contributed by atoms with E-state index in [0.717, 1.165) is 32.1 Å². The Balaban J connectivity index is 0.00000200. The normalized spacial score (nSPS) is 30.5. The molecule has 0 aromatic heterocycles. The smallest absolute Gasteiger partial charge is 0.216 e. The van der Waals surface area contributed by atoms with Gasteiger partial charge in [-0.3, -0.25) is 0 Å². The van der Waals surface area contributed by atoms with E-state index < -0.39 is 10.0 Å². The van der Waals surface area contributed by atoms with Crippen LogP contribution in [0, 0.1) is 5.92 Å². The summed E-state index contributed by atoms with van der Waals surface area (Å²) in [5.41, 5.74) is 5.91. The van der Waals surface area contributed by atoms with Crippen LogP contribution in [-0.2, 0) is 14.8 Å². The highest BCUT2D eigenvalue weighted by Crippen LogP contribution is 2.23. The number of rotatable bonds is 4. The summed E-state index contributed by atoms with van der Waals surface area (Å²) in [4.78, 5) is 0. The largest absolute Gasteiger partial charge is 0.377 e. The summed E-state index contributed by atoms with van der Waals surface area (Å²) >= 11 is 0. The van der Waals surface area contributed by atoms with Crippen LogP contribution in [0.5, 0.6) is 0 Å². The second-order valence-electron chi connectivity index (χ2n) is 5.89. The molecular formula is C13H27ClN2O3S. The maximum absolute atomic E-state index is 12.4. The van der Waals surface area contributed by atoms with Crippen molar-refractivity contribution >= 4 is 22.4 Å². The van der Waals surface area contributed by atoms with Crippen molar-refractivity contribution in [2.75, 3.05) is 25.4 Å². The van der Waals surface area contributed by atoms with Gasteiger partial charge in [0, 0.05) is 25.7 Å². The van der Waals surface area contributed by atoms with Crippen LogP contribution >= 0.6 is 12.4 Å². The van der Waals surface area contributed by atoms with Crippen molar-refractivity contribution in [2.45, 2.75) is 51.2 Å². The van der Waals surface area contributed by atoms with Crippen molar-refractivity contribution in [2.24, 2.45) is 11.7 Å². The second-order valence-corrected chi connectivity index (χ2v) is 7.90. The van der Waals surface area contributed by atoms with Gasteiger partial charge in [0.05, 0.1) is 11.9 Å². The SMILES string of the molecule is CC(N)C1CCCN(S(=O)(=O)CC2CCCCO2)C1.Cl. The molecule has 0 saturated carbocycles. The van der Waals surface area contributed by atoms with Gasteiger partial charge >= 0.3 is 0 Å². The molecule has 2 rings (SSSR count). The molecule has 120 valence electrons. The lowest BCUT2D eigenvalue weighted by molar-refractivity contribution is 0.0297. The predicted octanol–water partition coefficient (Wildman–Crippen LogP) is 1.37. The Bertz CT molecular complexity index is 383. The van der Waals surface area contributed by atoms with Gasteiger partial charge in [0.2, 0.25) is 10.0 Å². The van der Waals surface area contributed by atoms with E-state index in [9.17, 15) is 8.42 Å². The van der Waals surface area contributed by atoms with Crippen molar-refractivity contribution in [3.8, 4) is 0 Å². The third kappa shape index (κ3) is 4.84. The van der Waals surface area contributed by atoms with Crippen molar-refractivity contribution in [3.63, 3.8) is 0 Å². The van der Waals surface area contributed by atoms with Crippen LogP contribution in [0.4, 0.5) is 0 Å². The van der Waals surface area contributed by atoms with Gasteiger partial charge in [0.25, 0.3) is 0 Å². The number of halogens is 1. The standard InChI is InChI=1S/C13H26N2O3S.ClH/c1-11(14)12-5-4-7-15(9-12)19(16,17)10-13-6-2-3-8-18-13;/h11-13H,2-10,14H2,1H3;1H. The summed E-state index contributed by atoms with van der Waals surface area (Å²) in [6, 6.07) is 0.0592. The fourth-order valence-corrected chi connectivity index (χ4v) is 4.70. The summed E-state index contributed by atoms with van der Waals surface area (Å²) < 4.78 is 32.0. The average Bonchev–Trinajstić information content (AvgIpc) is 2.39. The first-order chi connectivity index (χ1) is 8.99. The Labute approximate surface area is 128 Å². The van der Waals surface area contributed by atoms with Crippen molar-refractivity contribution in [1.82, 2.24) is 4.31 Å². The predicted molar refractivity (Wildman–Crippen MR) is 82.6 cm³/mol. The molecule has 3 unspecified atom stereocenters. The van der Waals surface area contributed by atoms with Crippen molar-refractivity contribution in [1.29, 1.82) is 0 Å². The molecule has 2 heterocycles. The molecule has 3 atom stereocenters. The zero-order chi connectivity index (χ0) is 13.9. The molecule has 0 amide bonds. The van der Waals surface area contributed by atoms with Crippen LogP contribution in [0.1, 0.15) is 39.0 Å². The Kier molecular flexibility index (Phi) is 7.21. The van der Waals surface area contributed by atoms with E-state index in [0.29, 0.717) is 19.7 Å². The van der Waals surface area contributed by atoms with Crippen LogP contribution in [0.3, 0.4) is 0 Å². The fourth-order valence-electron chi connectivity index (χ4n) is 2.93. The first kappa shape index (κ1) is 18.2. The van der Waals surface area contributed by atoms with E-state index in [2.05, 4.69) is 0 Å². The number of hydrogen-bond donors (Lipinski definition) is 1. The lowest BCUT2D eigenvalue weighted by Crippen LogP contribution is -2.47. The zero-order valence-electron chi connectivity index (χ0n) is 12.2. The summed E-state index contributed by atoms with van der Waals surface area (Å²) in [6.07, 6.45) is 4.81. The molecule has 2 N–H and O–H groups in total. The minimum absolute atomic E-state index is 0. The lowest BCUT2D eigenvalue weighted by atomic mass is 9.93. The van der Waals surface area contributed by atoms with Gasteiger partial charge in [-0.1, -0.05) is 0 Å². The molecule has 2 aliphatic heterocycles. The molecule has 20 heavy (non-hydrogen) atoms. The van der Waals surface area contributed by atoms with Gasteiger partial charge in [-0.05, 0) is 44.9 Å². The molecule has 7 heteroatoms. The monoisotopic (exact) mass is 326 g/mol. The van der Waals surface area contributed by atoms with E-state index >= 15 is 0 Å². The van der Waals surface area contributed by atoms with E-state index in [-0.39, 0.29) is 36.2 Å². The number of nitrogens with two attached hydrogens (primary N) is 1. The molecule has 5 nitrogen and oxygen atoms in total. The average molecular weight is 327 g/mol. The Morgan fingerprint density at radius 3 is 2.65 bits per heavy atom. The highest BCUT2D eigenvalue weighted by Gasteiger charge is 2.32. The quantitative estimate of drug-likeness (QED) is 0.846. The minimum Gasteiger partial charge on any atom is -0.377 e. The maximum Gasteiger partial charge on any atom is 0.216 e. The maximum atomic E-state index is 12.4. The molecule has 2 aliphatic rings. The molecule has 0 radical (unpaired) electrons. The summed E-state index contributed by atoms with van der Waals surface area (Å²) in [5, 5.41) is 0. The number of sulfonamides is 1. The topological polar surface area (TPSA) is 72.6 Å². The molecule has 0 spiro atoms. The van der Waals surface area contributed by atoms with Gasteiger partial charge in [-0.2, -0.15) is 0 Å². The first-order valence-electron chi connectivity index (χ1n) is 7.34. The van der Waals surface area contributed by atoms with E-state index in [1.54, 1.807) is 4.31 Å². The Hall–Kier alpha value is 0.120. The molecule has 0 aliphatic carbocycles. The van der Waals surface area contributed by atoms with Crippen LogP contribution < -0.4 is 5.73 Å². The van der Waals surface area contributed by atoms with Crippen molar-refractivity contribution < 1.29 is 13.2 Å². The Morgan fingerprint density at radius 2 is 2.05 bits per heavy atom. The van der Waals surface area contributed by atoms with Crippen molar-refractivity contribution in [3.05, 3.63) is 0 Å². The third-order valence-electron chi connectivity index (χ3n) is 4.23. The lowest BCUT2D eigenvalue weighted by Gasteiger charge is -2.35. The van der Waals surface area contributed by atoms with Gasteiger partial charge in [0.15, 0.2) is 0 Å². The van der Waals surface area contributed by atoms with Crippen LogP contribution in [0.25, 0.3) is 0 Å². The highest BCUT2D eigenvalue weighted by atomic mass is 35.5. The summed E-state index contributed by atoms with van der Waals surface area (Å²) in [7, 11) is -3.20. The molecule has 0 aromatic rings. The Morgan fingerprint density at radius 1 is 1.30 bits per heavy atom. The molecular weight excluding hydrogens is 300 g/mol. The van der Waals surface area contributed by atoms with E-state index in [1.807, 2.05) is 6.92 Å². The van der Waals surface area contributed by atoms with Gasteiger partial charge in [-0.25, -0.2) is 12.7 Å². The van der Waals surface area contributed by atoms with Gasteiger partial charge in [-0.15, -0.1) is 12.4 Å². The molecule has 0 aromatic carbocycles. The third-order valence-corrected chi connectivity index (χ3v) is 6.14. The summed E-state index contributed by atoms with van der Waals surface area (Å²) in [6.45, 7) is 3.87. The second kappa shape index (κ2) is 7.94. The minimum atomic E-state index is -3.20. The van der Waals surface area contributed by atoms with E-state index in [1.165, 1.54) is 0 Å². The fraction of sp³-hybridized carbons (Fsp3) is 1.00. The van der Waals surface area contributed by atoms with Gasteiger partial charge in [0.1, 0.15) is 0 Å². The number of piperidine rings is 1. The van der Waals surface area contributed by atoms with E-state index in [4.69, 9.17) is 10.5 Å². The van der Waals surface area contributed by atoms with Crippen LogP contribution in [-0.4, -0.2) is 50.3 Å². The zero-order valence-corrected chi connectivity index (χ0v) is 13.8. The highest BCUT2D eigenvalue weighted by molar-refractivity contribution is 7.89. The molecule has 0 bridgehead atoms. The van der Waals surface area contributed by atoms with Crippen LogP contribution in [0.15, 0.2) is 0 Å². The summed E-state index contributed by atoms with van der Waals surface area (Å²) in [5.74, 6) is 0.425. The number of nitrogens with zero attached hydrogens (tertiary/aromatic N) is 1. The van der Waals surface area contributed by atoms with Crippen LogP contribution in [0.2, 0.25) is 0 Å².